The molecule has 0 saturated carbocycles. The number of nitrogens with zero attached hydrogens (tertiary/aromatic N) is 1. The maximum Gasteiger partial charge on any atom is 0.0946 e. The lowest BCUT2D eigenvalue weighted by atomic mass is 10.0. The summed E-state index contributed by atoms with van der Waals surface area (Å²) in [6.45, 7) is 2.14. The highest BCUT2D eigenvalue weighted by atomic mass is 32.1. The van der Waals surface area contributed by atoms with Gasteiger partial charge in [0.05, 0.1) is 10.7 Å². The number of hydrogen-bond acceptors (Lipinski definition) is 3. The fourth-order valence-corrected chi connectivity index (χ4v) is 3.11. The third-order valence-electron chi connectivity index (χ3n) is 2.85. The van der Waals surface area contributed by atoms with Crippen molar-refractivity contribution in [3.63, 3.8) is 0 Å². The summed E-state index contributed by atoms with van der Waals surface area (Å²) in [6.07, 6.45) is 7.10. The summed E-state index contributed by atoms with van der Waals surface area (Å²) < 4.78 is 0. The van der Waals surface area contributed by atoms with Crippen molar-refractivity contribution in [2.45, 2.75) is 51.5 Å². The van der Waals surface area contributed by atoms with Gasteiger partial charge in [0.2, 0.25) is 0 Å². The zero-order valence-electron chi connectivity index (χ0n) is 8.75. The molecule has 2 N–H and O–H groups in total. The molecule has 0 amide bonds. The Morgan fingerprint density at radius 3 is 2.93 bits per heavy atom. The third kappa shape index (κ3) is 2.15. The molecule has 78 valence electrons. The molecule has 0 bridgehead atoms. The van der Waals surface area contributed by atoms with E-state index in [1.807, 2.05) is 11.3 Å². The SMILES string of the molecule is CCC(N)Cc1nc2c(s1)CCCC2. The summed E-state index contributed by atoms with van der Waals surface area (Å²) in [4.78, 5) is 6.20. The third-order valence-corrected chi connectivity index (χ3v) is 4.03. The van der Waals surface area contributed by atoms with Gasteiger partial charge in [0.25, 0.3) is 0 Å². The van der Waals surface area contributed by atoms with E-state index < -0.39 is 0 Å². The summed E-state index contributed by atoms with van der Waals surface area (Å²) in [7, 11) is 0. The Morgan fingerprint density at radius 2 is 2.21 bits per heavy atom. The monoisotopic (exact) mass is 210 g/mol. The Kier molecular flexibility index (Phi) is 3.19. The van der Waals surface area contributed by atoms with Crippen molar-refractivity contribution in [1.82, 2.24) is 4.98 Å². The van der Waals surface area contributed by atoms with Crippen LogP contribution in [0.1, 0.15) is 41.8 Å². The van der Waals surface area contributed by atoms with E-state index in [4.69, 9.17) is 5.73 Å². The first-order chi connectivity index (χ1) is 6.79. The van der Waals surface area contributed by atoms with Crippen molar-refractivity contribution >= 4 is 11.3 Å². The zero-order chi connectivity index (χ0) is 9.97. The number of fused-ring (bicyclic) bond motifs is 1. The summed E-state index contributed by atoms with van der Waals surface area (Å²) in [5.41, 5.74) is 7.29. The van der Waals surface area contributed by atoms with E-state index in [0.29, 0.717) is 6.04 Å². The predicted molar refractivity (Wildman–Crippen MR) is 60.7 cm³/mol. The molecule has 2 nitrogen and oxygen atoms in total. The van der Waals surface area contributed by atoms with Gasteiger partial charge in [0.1, 0.15) is 0 Å². The first-order valence-corrected chi connectivity index (χ1v) is 6.34. The standard InChI is InChI=1S/C11H18N2S/c1-2-8(12)7-11-13-9-5-3-4-6-10(9)14-11/h8H,2-7,12H2,1H3. The summed E-state index contributed by atoms with van der Waals surface area (Å²) in [5.74, 6) is 0. The molecular weight excluding hydrogens is 192 g/mol. The summed E-state index contributed by atoms with van der Waals surface area (Å²) >= 11 is 1.89. The number of nitrogens with two attached hydrogens (primary N) is 1. The molecular formula is C11H18N2S. The molecule has 1 aliphatic carbocycles. The molecule has 1 unspecified atom stereocenters. The predicted octanol–water partition coefficient (Wildman–Crippen LogP) is 2.30. The zero-order valence-corrected chi connectivity index (χ0v) is 9.57. The number of aromatic nitrogens is 1. The first-order valence-electron chi connectivity index (χ1n) is 5.52. The Labute approximate surface area is 89.5 Å². The number of aryl methyl sites for hydroxylation is 2. The minimum atomic E-state index is 0.294. The minimum Gasteiger partial charge on any atom is -0.327 e. The highest BCUT2D eigenvalue weighted by Gasteiger charge is 2.15. The second kappa shape index (κ2) is 4.41. The fraction of sp³-hybridized carbons (Fsp3) is 0.727. The molecule has 0 aromatic carbocycles. The molecule has 0 saturated heterocycles. The molecule has 3 heteroatoms. The van der Waals surface area contributed by atoms with Crippen LogP contribution >= 0.6 is 11.3 Å². The lowest BCUT2D eigenvalue weighted by Crippen LogP contribution is -2.21. The molecule has 1 aliphatic rings. The van der Waals surface area contributed by atoms with Crippen molar-refractivity contribution in [2.75, 3.05) is 0 Å². The van der Waals surface area contributed by atoms with Crippen LogP contribution in [0.15, 0.2) is 0 Å². The summed E-state index contributed by atoms with van der Waals surface area (Å²) in [6, 6.07) is 0.294. The van der Waals surface area contributed by atoms with Gasteiger partial charge in [-0.25, -0.2) is 4.98 Å². The largest absolute Gasteiger partial charge is 0.327 e. The van der Waals surface area contributed by atoms with Gasteiger partial charge in [-0.1, -0.05) is 6.92 Å². The van der Waals surface area contributed by atoms with E-state index in [1.165, 1.54) is 41.3 Å². The maximum atomic E-state index is 5.93. The average molecular weight is 210 g/mol. The molecule has 0 aliphatic heterocycles. The molecule has 2 rings (SSSR count). The van der Waals surface area contributed by atoms with Crippen LogP contribution in [-0.2, 0) is 19.3 Å². The summed E-state index contributed by atoms with van der Waals surface area (Å²) in [5, 5.41) is 1.26. The molecule has 0 fully saturated rings. The Morgan fingerprint density at radius 1 is 1.43 bits per heavy atom. The molecule has 1 atom stereocenters. The minimum absolute atomic E-state index is 0.294. The lowest BCUT2D eigenvalue weighted by molar-refractivity contribution is 0.638. The van der Waals surface area contributed by atoms with Gasteiger partial charge < -0.3 is 5.73 Å². The van der Waals surface area contributed by atoms with Crippen LogP contribution < -0.4 is 5.73 Å². The highest BCUT2D eigenvalue weighted by molar-refractivity contribution is 7.11. The van der Waals surface area contributed by atoms with E-state index in [2.05, 4.69) is 11.9 Å². The number of thiazole rings is 1. The van der Waals surface area contributed by atoms with Gasteiger partial charge >= 0.3 is 0 Å². The van der Waals surface area contributed by atoms with Crippen LogP contribution in [0.4, 0.5) is 0 Å². The highest BCUT2D eigenvalue weighted by Crippen LogP contribution is 2.27. The Balaban J connectivity index is 2.08. The van der Waals surface area contributed by atoms with Gasteiger partial charge in [0.15, 0.2) is 0 Å². The number of rotatable bonds is 3. The molecule has 0 spiro atoms. The molecule has 1 aromatic rings. The maximum absolute atomic E-state index is 5.93. The van der Waals surface area contributed by atoms with Crippen LogP contribution in [0.25, 0.3) is 0 Å². The van der Waals surface area contributed by atoms with Crippen LogP contribution in [0.2, 0.25) is 0 Å². The van der Waals surface area contributed by atoms with E-state index in [-0.39, 0.29) is 0 Å². The van der Waals surface area contributed by atoms with E-state index in [0.717, 1.165) is 12.8 Å². The van der Waals surface area contributed by atoms with Crippen molar-refractivity contribution in [1.29, 1.82) is 0 Å². The van der Waals surface area contributed by atoms with Crippen LogP contribution in [0.3, 0.4) is 0 Å². The topological polar surface area (TPSA) is 38.9 Å². The average Bonchev–Trinajstić information content (AvgIpc) is 2.59. The van der Waals surface area contributed by atoms with Crippen LogP contribution in [-0.4, -0.2) is 11.0 Å². The van der Waals surface area contributed by atoms with Gasteiger partial charge in [-0.15, -0.1) is 11.3 Å². The molecule has 14 heavy (non-hydrogen) atoms. The molecule has 1 heterocycles. The van der Waals surface area contributed by atoms with Gasteiger partial charge in [-0.3, -0.25) is 0 Å². The second-order valence-corrected chi connectivity index (χ2v) is 5.23. The van der Waals surface area contributed by atoms with Crippen LogP contribution in [0.5, 0.6) is 0 Å². The molecule has 1 aromatic heterocycles. The second-order valence-electron chi connectivity index (χ2n) is 4.06. The quantitative estimate of drug-likeness (QED) is 0.831. The fourth-order valence-electron chi connectivity index (χ4n) is 1.86. The molecule has 0 radical (unpaired) electrons. The van der Waals surface area contributed by atoms with E-state index in [1.54, 1.807) is 0 Å². The van der Waals surface area contributed by atoms with E-state index in [9.17, 15) is 0 Å². The van der Waals surface area contributed by atoms with Crippen molar-refractivity contribution in [2.24, 2.45) is 5.73 Å². The van der Waals surface area contributed by atoms with Gasteiger partial charge in [-0.05, 0) is 32.1 Å². The lowest BCUT2D eigenvalue weighted by Gasteiger charge is -2.06. The smallest absolute Gasteiger partial charge is 0.0946 e. The first kappa shape index (κ1) is 10.1. The normalized spacial score (nSPS) is 17.9. The van der Waals surface area contributed by atoms with Gasteiger partial charge in [0, 0.05) is 17.3 Å². The Hall–Kier alpha value is -0.410. The van der Waals surface area contributed by atoms with Crippen molar-refractivity contribution < 1.29 is 0 Å². The Bertz CT molecular complexity index is 283. The van der Waals surface area contributed by atoms with Gasteiger partial charge in [-0.2, -0.15) is 0 Å². The number of hydrogen-bond donors (Lipinski definition) is 1. The van der Waals surface area contributed by atoms with E-state index >= 15 is 0 Å². The van der Waals surface area contributed by atoms with Crippen LogP contribution in [0, 0.1) is 0 Å². The van der Waals surface area contributed by atoms with Crippen molar-refractivity contribution in [3.05, 3.63) is 15.6 Å². The van der Waals surface area contributed by atoms with Crippen molar-refractivity contribution in [3.8, 4) is 0 Å².